The van der Waals surface area contributed by atoms with Crippen molar-refractivity contribution >= 4 is 17.6 Å². The zero-order valence-electron chi connectivity index (χ0n) is 14.2. The Bertz CT molecular complexity index is 638. The van der Waals surface area contributed by atoms with Gasteiger partial charge in [-0.05, 0) is 42.3 Å². The van der Waals surface area contributed by atoms with Gasteiger partial charge >= 0.3 is 5.97 Å². The van der Waals surface area contributed by atoms with E-state index in [4.69, 9.17) is 26.2 Å². The number of methoxy groups -OCH3 is 1. The summed E-state index contributed by atoms with van der Waals surface area (Å²) in [6, 6.07) is 12.4. The van der Waals surface area contributed by atoms with Gasteiger partial charge in [0.15, 0.2) is 0 Å². The van der Waals surface area contributed by atoms with E-state index in [0.29, 0.717) is 28.3 Å². The molecule has 24 heavy (non-hydrogen) atoms. The van der Waals surface area contributed by atoms with Crippen LogP contribution in [0.15, 0.2) is 42.5 Å². The molecule has 5 heteroatoms. The molecule has 0 aliphatic heterocycles. The van der Waals surface area contributed by atoms with Crippen molar-refractivity contribution in [2.45, 2.75) is 26.9 Å². The van der Waals surface area contributed by atoms with Gasteiger partial charge in [-0.3, -0.25) is 0 Å². The third-order valence-electron chi connectivity index (χ3n) is 3.19. The highest BCUT2D eigenvalue weighted by atomic mass is 35.5. The number of halogens is 1. The maximum atomic E-state index is 11.7. The maximum absolute atomic E-state index is 11.7. The Morgan fingerprint density at radius 1 is 1.12 bits per heavy atom. The van der Waals surface area contributed by atoms with E-state index in [0.717, 1.165) is 5.56 Å². The molecule has 0 aromatic heterocycles. The summed E-state index contributed by atoms with van der Waals surface area (Å²) in [4.78, 5) is 11.7. The molecular weight excluding hydrogens is 328 g/mol. The lowest BCUT2D eigenvalue weighted by atomic mass is 10.1. The van der Waals surface area contributed by atoms with Gasteiger partial charge in [-0.15, -0.1) is 0 Å². The molecule has 0 heterocycles. The second kappa shape index (κ2) is 10.7. The molecule has 0 unspecified atom stereocenters. The summed E-state index contributed by atoms with van der Waals surface area (Å²) in [5.74, 6) is 0.256. The number of hydrogen-bond acceptors (Lipinski definition) is 4. The standard InChI is InChI=1S/C17H17ClO4.C2H6/c1-21-17(20)16-7-4-14(18)10-13(16)11-22-15-5-2-12(3-6-15)8-9-19;1-2/h2-7,10,19H,8-9,11H2,1H3;1-2H3. The predicted molar refractivity (Wildman–Crippen MR) is 95.7 cm³/mol. The third kappa shape index (κ3) is 5.87. The van der Waals surface area contributed by atoms with E-state index in [1.54, 1.807) is 18.2 Å². The van der Waals surface area contributed by atoms with Gasteiger partial charge in [-0.1, -0.05) is 37.6 Å². The summed E-state index contributed by atoms with van der Waals surface area (Å²) in [6.45, 7) is 4.33. The molecule has 2 aromatic carbocycles. The van der Waals surface area contributed by atoms with Crippen molar-refractivity contribution in [1.29, 1.82) is 0 Å². The summed E-state index contributed by atoms with van der Waals surface area (Å²) in [5, 5.41) is 9.42. The Hall–Kier alpha value is -2.04. The van der Waals surface area contributed by atoms with Gasteiger partial charge in [0.25, 0.3) is 0 Å². The van der Waals surface area contributed by atoms with E-state index in [1.165, 1.54) is 7.11 Å². The minimum absolute atomic E-state index is 0.116. The largest absolute Gasteiger partial charge is 0.489 e. The SMILES string of the molecule is CC.COC(=O)c1ccc(Cl)cc1COc1ccc(CCO)cc1. The lowest BCUT2D eigenvalue weighted by Gasteiger charge is -2.11. The second-order valence-corrected chi connectivity index (χ2v) is 5.14. The predicted octanol–water partition coefficient (Wildman–Crippen LogP) is 4.27. The van der Waals surface area contributed by atoms with Crippen molar-refractivity contribution in [1.82, 2.24) is 0 Å². The number of aliphatic hydroxyl groups excluding tert-OH is 1. The molecule has 0 saturated heterocycles. The minimum atomic E-state index is -0.423. The topological polar surface area (TPSA) is 55.8 Å². The number of benzene rings is 2. The molecule has 0 saturated carbocycles. The molecule has 0 aliphatic rings. The summed E-state index contributed by atoms with van der Waals surface area (Å²) < 4.78 is 10.4. The Labute approximate surface area is 148 Å². The molecule has 0 amide bonds. The Balaban J connectivity index is 0.00000139. The number of aliphatic hydroxyl groups is 1. The normalized spacial score (nSPS) is 9.71. The summed E-state index contributed by atoms with van der Waals surface area (Å²) in [6.07, 6.45) is 0.612. The van der Waals surface area contributed by atoms with Crippen LogP contribution in [-0.2, 0) is 17.8 Å². The molecule has 0 fully saturated rings. The lowest BCUT2D eigenvalue weighted by Crippen LogP contribution is -2.08. The fourth-order valence-electron chi connectivity index (χ4n) is 2.03. The molecule has 0 radical (unpaired) electrons. The Morgan fingerprint density at radius 2 is 1.79 bits per heavy atom. The molecule has 0 bridgehead atoms. The zero-order chi connectivity index (χ0) is 17.9. The average Bonchev–Trinajstić information content (AvgIpc) is 2.62. The summed E-state index contributed by atoms with van der Waals surface area (Å²) in [5.41, 5.74) is 2.13. The fraction of sp³-hybridized carbons (Fsp3) is 0.316. The fourth-order valence-corrected chi connectivity index (χ4v) is 2.23. The molecular formula is C19H23ClO4. The van der Waals surface area contributed by atoms with Crippen molar-refractivity contribution in [2.24, 2.45) is 0 Å². The molecule has 0 aliphatic carbocycles. The number of carbonyl (C=O) groups excluding carboxylic acids is 1. The first-order valence-electron chi connectivity index (χ1n) is 7.83. The number of ether oxygens (including phenoxy) is 2. The van der Waals surface area contributed by atoms with E-state index >= 15 is 0 Å². The first kappa shape index (κ1) is 20.0. The number of rotatable bonds is 6. The molecule has 0 atom stereocenters. The van der Waals surface area contributed by atoms with Crippen molar-refractivity contribution < 1.29 is 19.4 Å². The van der Waals surface area contributed by atoms with E-state index < -0.39 is 5.97 Å². The minimum Gasteiger partial charge on any atom is -0.489 e. The van der Waals surface area contributed by atoms with Gasteiger partial charge in [0.05, 0.1) is 12.7 Å². The quantitative estimate of drug-likeness (QED) is 0.790. The van der Waals surface area contributed by atoms with Gasteiger partial charge in [0.1, 0.15) is 12.4 Å². The van der Waals surface area contributed by atoms with Crippen LogP contribution in [0, 0.1) is 0 Å². The first-order chi connectivity index (χ1) is 11.6. The van der Waals surface area contributed by atoms with Crippen LogP contribution in [0.2, 0.25) is 5.02 Å². The van der Waals surface area contributed by atoms with Crippen LogP contribution in [0.3, 0.4) is 0 Å². The highest BCUT2D eigenvalue weighted by molar-refractivity contribution is 6.30. The summed E-state index contributed by atoms with van der Waals surface area (Å²) >= 11 is 5.97. The van der Waals surface area contributed by atoms with Gasteiger partial charge in [-0.25, -0.2) is 4.79 Å². The van der Waals surface area contributed by atoms with Crippen LogP contribution in [0.25, 0.3) is 0 Å². The Kier molecular flexibility index (Phi) is 8.90. The molecule has 2 rings (SSSR count). The van der Waals surface area contributed by atoms with Crippen LogP contribution in [0.5, 0.6) is 5.75 Å². The van der Waals surface area contributed by atoms with Crippen LogP contribution >= 0.6 is 11.6 Å². The molecule has 0 spiro atoms. The first-order valence-corrected chi connectivity index (χ1v) is 8.21. The summed E-state index contributed by atoms with van der Waals surface area (Å²) in [7, 11) is 1.33. The van der Waals surface area contributed by atoms with E-state index in [9.17, 15) is 4.79 Å². The zero-order valence-corrected chi connectivity index (χ0v) is 15.0. The molecule has 1 N–H and O–H groups in total. The van der Waals surface area contributed by atoms with Crippen LogP contribution < -0.4 is 4.74 Å². The highest BCUT2D eigenvalue weighted by Gasteiger charge is 2.12. The van der Waals surface area contributed by atoms with Crippen molar-refractivity contribution in [3.63, 3.8) is 0 Å². The average molecular weight is 351 g/mol. The number of esters is 1. The Morgan fingerprint density at radius 3 is 2.38 bits per heavy atom. The van der Waals surface area contributed by atoms with Crippen molar-refractivity contribution in [2.75, 3.05) is 13.7 Å². The number of hydrogen-bond donors (Lipinski definition) is 1. The van der Waals surface area contributed by atoms with Gasteiger partial charge in [0, 0.05) is 17.2 Å². The lowest BCUT2D eigenvalue weighted by molar-refractivity contribution is 0.0597. The monoisotopic (exact) mass is 350 g/mol. The van der Waals surface area contributed by atoms with E-state index in [2.05, 4.69) is 0 Å². The van der Waals surface area contributed by atoms with E-state index in [-0.39, 0.29) is 13.2 Å². The molecule has 2 aromatic rings. The van der Waals surface area contributed by atoms with Crippen molar-refractivity contribution in [3.8, 4) is 5.75 Å². The second-order valence-electron chi connectivity index (χ2n) is 4.70. The van der Waals surface area contributed by atoms with E-state index in [1.807, 2.05) is 38.1 Å². The molecule has 130 valence electrons. The van der Waals surface area contributed by atoms with Gasteiger partial charge in [0.2, 0.25) is 0 Å². The maximum Gasteiger partial charge on any atom is 0.338 e. The third-order valence-corrected chi connectivity index (χ3v) is 3.43. The van der Waals surface area contributed by atoms with Crippen LogP contribution in [-0.4, -0.2) is 24.8 Å². The van der Waals surface area contributed by atoms with Gasteiger partial charge in [-0.2, -0.15) is 0 Å². The van der Waals surface area contributed by atoms with Gasteiger partial charge < -0.3 is 14.6 Å². The smallest absolute Gasteiger partial charge is 0.338 e. The van der Waals surface area contributed by atoms with Crippen molar-refractivity contribution in [3.05, 3.63) is 64.2 Å². The molecule has 4 nitrogen and oxygen atoms in total. The van der Waals surface area contributed by atoms with Crippen LogP contribution in [0.4, 0.5) is 0 Å². The number of carbonyl (C=O) groups is 1. The highest BCUT2D eigenvalue weighted by Crippen LogP contribution is 2.20. The van der Waals surface area contributed by atoms with Crippen LogP contribution in [0.1, 0.15) is 35.3 Å².